The molecule has 1 aliphatic heterocycles. The van der Waals surface area contributed by atoms with Crippen molar-refractivity contribution in [2.24, 2.45) is 0 Å². The first-order valence-electron chi connectivity index (χ1n) is 8.25. The van der Waals surface area contributed by atoms with Crippen molar-refractivity contribution in [3.8, 4) is 0 Å². The Morgan fingerprint density at radius 1 is 1.22 bits per heavy atom. The highest BCUT2D eigenvalue weighted by molar-refractivity contribution is 5.68. The largest absolute Gasteiger partial charge is 0.444 e. The van der Waals surface area contributed by atoms with Crippen molar-refractivity contribution in [3.05, 3.63) is 34.9 Å². The van der Waals surface area contributed by atoms with Crippen molar-refractivity contribution in [3.63, 3.8) is 0 Å². The molecule has 0 spiro atoms. The highest BCUT2D eigenvalue weighted by atomic mass is 16.6. The number of carbonyl (C=O) groups excluding carboxylic acids is 1. The third kappa shape index (κ3) is 5.24. The van der Waals surface area contributed by atoms with E-state index in [1.165, 1.54) is 16.7 Å². The first kappa shape index (κ1) is 17.8. The number of hydrogen-bond donors (Lipinski definition) is 0. The molecule has 0 N–H and O–H groups in total. The molecule has 0 bridgehead atoms. The first-order valence-corrected chi connectivity index (χ1v) is 8.25. The van der Waals surface area contributed by atoms with Crippen molar-refractivity contribution in [1.82, 2.24) is 4.90 Å². The molecule has 1 amide bonds. The lowest BCUT2D eigenvalue weighted by atomic mass is 10.1. The molecule has 0 radical (unpaired) electrons. The molecule has 1 aliphatic rings. The number of carbonyl (C=O) groups is 1. The highest BCUT2D eigenvalue weighted by Gasteiger charge is 2.38. The number of nitrogens with zero attached hydrogens (tertiary/aromatic N) is 1. The Kier molecular flexibility index (Phi) is 5.04. The van der Waals surface area contributed by atoms with Crippen molar-refractivity contribution < 1.29 is 14.3 Å². The van der Waals surface area contributed by atoms with Crippen LogP contribution in [0.4, 0.5) is 4.79 Å². The minimum Gasteiger partial charge on any atom is -0.444 e. The Balaban J connectivity index is 1.92. The molecule has 1 saturated heterocycles. The van der Waals surface area contributed by atoms with Crippen LogP contribution in [0.3, 0.4) is 0 Å². The monoisotopic (exact) mass is 319 g/mol. The summed E-state index contributed by atoms with van der Waals surface area (Å²) in [5, 5.41) is 0. The summed E-state index contributed by atoms with van der Waals surface area (Å²) in [5.74, 6) is 0. The van der Waals surface area contributed by atoms with Crippen molar-refractivity contribution in [1.29, 1.82) is 0 Å². The number of amides is 1. The van der Waals surface area contributed by atoms with E-state index in [-0.39, 0.29) is 11.7 Å². The highest BCUT2D eigenvalue weighted by Crippen LogP contribution is 2.27. The van der Waals surface area contributed by atoms with Crippen LogP contribution in [0.1, 0.15) is 50.8 Å². The number of likely N-dealkylation sites (tertiary alicyclic amines) is 1. The fourth-order valence-electron chi connectivity index (χ4n) is 2.94. The van der Waals surface area contributed by atoms with Crippen molar-refractivity contribution >= 4 is 6.09 Å². The zero-order valence-electron chi connectivity index (χ0n) is 15.2. The van der Waals surface area contributed by atoms with Gasteiger partial charge in [0.05, 0.1) is 18.8 Å². The van der Waals surface area contributed by atoms with Crippen LogP contribution in [0.2, 0.25) is 0 Å². The summed E-state index contributed by atoms with van der Waals surface area (Å²) in [4.78, 5) is 13.9. The van der Waals surface area contributed by atoms with Gasteiger partial charge in [-0.2, -0.15) is 0 Å². The molecule has 4 heteroatoms. The van der Waals surface area contributed by atoms with Gasteiger partial charge in [-0.3, -0.25) is 0 Å². The van der Waals surface area contributed by atoms with Gasteiger partial charge in [0.2, 0.25) is 0 Å². The van der Waals surface area contributed by atoms with Gasteiger partial charge in [0, 0.05) is 6.54 Å². The quantitative estimate of drug-likeness (QED) is 0.837. The van der Waals surface area contributed by atoms with Gasteiger partial charge in [-0.15, -0.1) is 0 Å². The van der Waals surface area contributed by atoms with Crippen LogP contribution < -0.4 is 0 Å². The molecule has 1 heterocycles. The van der Waals surface area contributed by atoms with Crippen LogP contribution in [0.25, 0.3) is 0 Å². The molecule has 0 aromatic heterocycles. The molecular formula is C19H29NO3. The molecule has 0 saturated carbocycles. The fraction of sp³-hybridized carbons (Fsp3) is 0.632. The van der Waals surface area contributed by atoms with E-state index in [1.54, 1.807) is 4.90 Å². The van der Waals surface area contributed by atoms with Gasteiger partial charge >= 0.3 is 6.09 Å². The molecule has 1 atom stereocenters. The second-order valence-corrected chi connectivity index (χ2v) is 7.89. The Labute approximate surface area is 139 Å². The van der Waals surface area contributed by atoms with Gasteiger partial charge in [-0.05, 0) is 53.5 Å². The number of rotatable bonds is 3. The zero-order valence-corrected chi connectivity index (χ0v) is 15.2. The Morgan fingerprint density at radius 2 is 1.83 bits per heavy atom. The van der Waals surface area contributed by atoms with Crippen molar-refractivity contribution in [2.75, 3.05) is 13.1 Å². The molecule has 23 heavy (non-hydrogen) atoms. The first-order chi connectivity index (χ1) is 10.6. The molecule has 1 aromatic carbocycles. The Bertz CT molecular complexity index is 556. The van der Waals surface area contributed by atoms with Gasteiger partial charge in [0.25, 0.3) is 0 Å². The predicted octanol–water partition coefficient (Wildman–Crippen LogP) is 4.22. The standard InChI is InChI=1S/C19H29NO3/c1-14-9-15(2)11-16(10-14)12-22-19(6)7-8-20(13-19)17(21)23-18(3,4)5/h9-11H,7-8,12-13H2,1-6H3. The van der Waals surface area contributed by atoms with E-state index < -0.39 is 5.60 Å². The van der Waals surface area contributed by atoms with Crippen LogP contribution in [-0.4, -0.2) is 35.3 Å². The number of ether oxygens (including phenoxy) is 2. The molecule has 128 valence electrons. The number of benzene rings is 1. The summed E-state index contributed by atoms with van der Waals surface area (Å²) >= 11 is 0. The third-order valence-electron chi connectivity index (χ3n) is 3.96. The smallest absolute Gasteiger partial charge is 0.410 e. The van der Waals surface area contributed by atoms with Crippen LogP contribution in [-0.2, 0) is 16.1 Å². The minimum atomic E-state index is -0.462. The summed E-state index contributed by atoms with van der Waals surface area (Å²) in [6.07, 6.45) is 0.577. The normalized spacial score (nSPS) is 21.6. The van der Waals surface area contributed by atoms with Gasteiger partial charge < -0.3 is 14.4 Å². The Morgan fingerprint density at radius 3 is 2.39 bits per heavy atom. The number of aryl methyl sites for hydroxylation is 2. The fourth-order valence-corrected chi connectivity index (χ4v) is 2.94. The summed E-state index contributed by atoms with van der Waals surface area (Å²) in [7, 11) is 0. The third-order valence-corrected chi connectivity index (χ3v) is 3.96. The van der Waals surface area contributed by atoms with Crippen LogP contribution in [0.15, 0.2) is 18.2 Å². The van der Waals surface area contributed by atoms with Crippen LogP contribution >= 0.6 is 0 Å². The van der Waals surface area contributed by atoms with Gasteiger partial charge in [-0.25, -0.2) is 4.79 Å². The lowest BCUT2D eigenvalue weighted by Crippen LogP contribution is -2.39. The second-order valence-electron chi connectivity index (χ2n) is 7.89. The maximum Gasteiger partial charge on any atom is 0.410 e. The van der Waals surface area contributed by atoms with E-state index in [9.17, 15) is 4.79 Å². The zero-order chi connectivity index (χ0) is 17.3. The molecule has 4 nitrogen and oxygen atoms in total. The van der Waals surface area contributed by atoms with E-state index in [0.717, 1.165) is 6.42 Å². The summed E-state index contributed by atoms with van der Waals surface area (Å²) < 4.78 is 11.6. The lowest BCUT2D eigenvalue weighted by molar-refractivity contribution is -0.0374. The van der Waals surface area contributed by atoms with Crippen LogP contribution in [0, 0.1) is 13.8 Å². The van der Waals surface area contributed by atoms with Gasteiger partial charge in [-0.1, -0.05) is 29.3 Å². The lowest BCUT2D eigenvalue weighted by Gasteiger charge is -2.27. The summed E-state index contributed by atoms with van der Waals surface area (Å²) in [6, 6.07) is 6.46. The topological polar surface area (TPSA) is 38.8 Å². The van der Waals surface area contributed by atoms with Crippen LogP contribution in [0.5, 0.6) is 0 Å². The summed E-state index contributed by atoms with van der Waals surface area (Å²) in [6.45, 7) is 13.7. The van der Waals surface area contributed by atoms with E-state index in [2.05, 4.69) is 39.0 Å². The molecule has 1 fully saturated rings. The average Bonchev–Trinajstić information content (AvgIpc) is 2.77. The van der Waals surface area contributed by atoms with Gasteiger partial charge in [0.15, 0.2) is 0 Å². The SMILES string of the molecule is Cc1cc(C)cc(COC2(C)CCN(C(=O)OC(C)(C)C)C2)c1. The van der Waals surface area contributed by atoms with Gasteiger partial charge in [0.1, 0.15) is 5.60 Å². The maximum absolute atomic E-state index is 12.2. The number of hydrogen-bond acceptors (Lipinski definition) is 3. The second kappa shape index (κ2) is 6.52. The minimum absolute atomic E-state index is 0.253. The predicted molar refractivity (Wildman–Crippen MR) is 91.5 cm³/mol. The van der Waals surface area contributed by atoms with E-state index in [4.69, 9.17) is 9.47 Å². The van der Waals surface area contributed by atoms with E-state index >= 15 is 0 Å². The summed E-state index contributed by atoms with van der Waals surface area (Å²) in [5.41, 5.74) is 2.90. The Hall–Kier alpha value is -1.55. The molecular weight excluding hydrogens is 290 g/mol. The molecule has 2 rings (SSSR count). The van der Waals surface area contributed by atoms with E-state index in [1.807, 2.05) is 20.8 Å². The average molecular weight is 319 g/mol. The molecule has 1 aromatic rings. The van der Waals surface area contributed by atoms with Crippen molar-refractivity contribution in [2.45, 2.75) is 65.8 Å². The molecule has 0 aliphatic carbocycles. The molecule has 1 unspecified atom stereocenters. The van der Waals surface area contributed by atoms with E-state index in [0.29, 0.717) is 19.7 Å². The maximum atomic E-state index is 12.2.